The van der Waals surface area contributed by atoms with Crippen molar-refractivity contribution in [2.24, 2.45) is 0 Å². The van der Waals surface area contributed by atoms with Crippen LogP contribution in [0.4, 0.5) is 4.79 Å². The number of nitrogens with zero attached hydrogens (tertiary/aromatic N) is 1. The third-order valence-corrected chi connectivity index (χ3v) is 2.92. The molecule has 1 aromatic rings. The van der Waals surface area contributed by atoms with Gasteiger partial charge in [0.1, 0.15) is 5.01 Å². The van der Waals surface area contributed by atoms with Crippen molar-refractivity contribution in [3.05, 3.63) is 28.7 Å². The first-order valence-corrected chi connectivity index (χ1v) is 6.24. The molecule has 0 aliphatic carbocycles. The van der Waals surface area contributed by atoms with Crippen LogP contribution in [0.25, 0.3) is 0 Å². The third kappa shape index (κ3) is 4.54. The minimum atomic E-state index is -1.07. The number of carbonyl (C=O) groups excluding carboxylic acids is 1. The van der Waals surface area contributed by atoms with E-state index in [1.165, 1.54) is 16.7 Å². The SMILES string of the molecule is C=CCC(C)NC(=O)NCc1nc(C(=O)O)cs1. The van der Waals surface area contributed by atoms with Crippen molar-refractivity contribution in [1.82, 2.24) is 15.6 Å². The largest absolute Gasteiger partial charge is 0.476 e. The van der Waals surface area contributed by atoms with E-state index >= 15 is 0 Å². The Kier molecular flexibility index (Phi) is 5.31. The van der Waals surface area contributed by atoms with Gasteiger partial charge in [0, 0.05) is 11.4 Å². The van der Waals surface area contributed by atoms with Crippen LogP contribution in [0.15, 0.2) is 18.0 Å². The molecule has 98 valence electrons. The number of amides is 2. The molecule has 0 radical (unpaired) electrons. The summed E-state index contributed by atoms with van der Waals surface area (Å²) in [6.45, 7) is 5.67. The minimum Gasteiger partial charge on any atom is -0.476 e. The predicted octanol–water partition coefficient (Wildman–Crippen LogP) is 1.61. The standard InChI is InChI=1S/C11H15N3O3S/c1-3-4-7(2)13-11(17)12-5-9-14-8(6-18-9)10(15)16/h3,6-7H,1,4-5H2,2H3,(H,15,16)(H2,12,13,17). The summed E-state index contributed by atoms with van der Waals surface area (Å²) in [6.07, 6.45) is 2.42. The van der Waals surface area contributed by atoms with Crippen LogP contribution in [-0.4, -0.2) is 28.1 Å². The number of hydrogen-bond donors (Lipinski definition) is 3. The van der Waals surface area contributed by atoms with E-state index < -0.39 is 5.97 Å². The fraction of sp³-hybridized carbons (Fsp3) is 0.364. The van der Waals surface area contributed by atoms with Gasteiger partial charge in [0.15, 0.2) is 5.69 Å². The van der Waals surface area contributed by atoms with Crippen molar-refractivity contribution < 1.29 is 14.7 Å². The van der Waals surface area contributed by atoms with E-state index in [1.54, 1.807) is 6.08 Å². The second kappa shape index (κ2) is 6.75. The Hall–Kier alpha value is -1.89. The number of aromatic carboxylic acids is 1. The summed E-state index contributed by atoms with van der Waals surface area (Å²) in [7, 11) is 0. The molecule has 1 rings (SSSR count). The van der Waals surface area contributed by atoms with E-state index in [-0.39, 0.29) is 24.3 Å². The van der Waals surface area contributed by atoms with Crippen LogP contribution in [0.1, 0.15) is 28.8 Å². The molecule has 0 aliphatic rings. The molecule has 0 spiro atoms. The molecule has 0 saturated carbocycles. The highest BCUT2D eigenvalue weighted by atomic mass is 32.1. The van der Waals surface area contributed by atoms with Crippen molar-refractivity contribution in [3.63, 3.8) is 0 Å². The maximum Gasteiger partial charge on any atom is 0.355 e. The van der Waals surface area contributed by atoms with E-state index in [9.17, 15) is 9.59 Å². The van der Waals surface area contributed by atoms with Gasteiger partial charge >= 0.3 is 12.0 Å². The van der Waals surface area contributed by atoms with Crippen LogP contribution in [0.5, 0.6) is 0 Å². The van der Waals surface area contributed by atoms with Crippen molar-refractivity contribution in [1.29, 1.82) is 0 Å². The minimum absolute atomic E-state index is 0.00256. The highest BCUT2D eigenvalue weighted by Crippen LogP contribution is 2.09. The van der Waals surface area contributed by atoms with Crippen LogP contribution >= 0.6 is 11.3 Å². The molecule has 0 bridgehead atoms. The molecule has 0 aliphatic heterocycles. The summed E-state index contributed by atoms with van der Waals surface area (Å²) < 4.78 is 0. The number of nitrogens with one attached hydrogen (secondary N) is 2. The van der Waals surface area contributed by atoms with Gasteiger partial charge < -0.3 is 15.7 Å². The second-order valence-electron chi connectivity index (χ2n) is 3.68. The Bertz CT molecular complexity index is 444. The van der Waals surface area contributed by atoms with E-state index in [1.807, 2.05) is 6.92 Å². The molecule has 3 N–H and O–H groups in total. The van der Waals surface area contributed by atoms with Gasteiger partial charge in [0.05, 0.1) is 6.54 Å². The van der Waals surface area contributed by atoms with Crippen LogP contribution in [0.3, 0.4) is 0 Å². The van der Waals surface area contributed by atoms with E-state index in [0.29, 0.717) is 11.4 Å². The lowest BCUT2D eigenvalue weighted by Crippen LogP contribution is -2.40. The lowest BCUT2D eigenvalue weighted by molar-refractivity contribution is 0.0691. The Balaban J connectivity index is 2.37. The maximum absolute atomic E-state index is 11.4. The van der Waals surface area contributed by atoms with Crippen LogP contribution in [0, 0.1) is 0 Å². The quantitative estimate of drug-likeness (QED) is 0.684. The Morgan fingerprint density at radius 1 is 1.67 bits per heavy atom. The highest BCUT2D eigenvalue weighted by Gasteiger charge is 2.10. The van der Waals surface area contributed by atoms with Crippen molar-refractivity contribution in [3.8, 4) is 0 Å². The number of hydrogen-bond acceptors (Lipinski definition) is 4. The summed E-state index contributed by atoms with van der Waals surface area (Å²) in [5.41, 5.74) is -0.00256. The molecular weight excluding hydrogens is 254 g/mol. The zero-order valence-electron chi connectivity index (χ0n) is 9.97. The fourth-order valence-corrected chi connectivity index (χ4v) is 1.94. The Morgan fingerprint density at radius 2 is 2.39 bits per heavy atom. The lowest BCUT2D eigenvalue weighted by atomic mass is 10.2. The molecular formula is C11H15N3O3S. The van der Waals surface area contributed by atoms with Gasteiger partial charge in [-0.1, -0.05) is 6.08 Å². The number of aromatic nitrogens is 1. The average Bonchev–Trinajstić information content (AvgIpc) is 2.75. The molecule has 1 heterocycles. The van der Waals surface area contributed by atoms with Crippen LogP contribution < -0.4 is 10.6 Å². The summed E-state index contributed by atoms with van der Waals surface area (Å²) in [5, 5.41) is 16.0. The normalized spacial score (nSPS) is 11.6. The summed E-state index contributed by atoms with van der Waals surface area (Å²) >= 11 is 1.20. The van der Waals surface area contributed by atoms with Crippen molar-refractivity contribution >= 4 is 23.3 Å². The molecule has 0 fully saturated rings. The number of thiazole rings is 1. The van der Waals surface area contributed by atoms with Gasteiger partial charge in [0.25, 0.3) is 0 Å². The molecule has 0 saturated heterocycles. The first-order chi connectivity index (χ1) is 8.52. The number of carboxylic acid groups (broad SMARTS) is 1. The summed E-state index contributed by atoms with van der Waals surface area (Å²) in [6, 6.07) is -0.301. The zero-order valence-corrected chi connectivity index (χ0v) is 10.8. The van der Waals surface area contributed by atoms with Crippen molar-refractivity contribution in [2.45, 2.75) is 25.9 Å². The fourth-order valence-electron chi connectivity index (χ4n) is 1.23. The van der Waals surface area contributed by atoms with E-state index in [0.717, 1.165) is 0 Å². The summed E-state index contributed by atoms with van der Waals surface area (Å²) in [5.74, 6) is -1.07. The molecule has 1 unspecified atom stereocenters. The average molecular weight is 269 g/mol. The van der Waals surface area contributed by atoms with E-state index in [2.05, 4.69) is 22.2 Å². The third-order valence-electron chi connectivity index (χ3n) is 2.07. The maximum atomic E-state index is 11.4. The molecule has 2 amide bonds. The molecule has 1 aromatic heterocycles. The van der Waals surface area contributed by atoms with Crippen LogP contribution in [-0.2, 0) is 6.54 Å². The predicted molar refractivity (Wildman–Crippen MR) is 68.7 cm³/mol. The second-order valence-corrected chi connectivity index (χ2v) is 4.63. The number of carboxylic acids is 1. The van der Waals surface area contributed by atoms with Crippen LogP contribution in [0.2, 0.25) is 0 Å². The van der Waals surface area contributed by atoms with Gasteiger partial charge in [-0.15, -0.1) is 17.9 Å². The van der Waals surface area contributed by atoms with Crippen molar-refractivity contribution in [2.75, 3.05) is 0 Å². The summed E-state index contributed by atoms with van der Waals surface area (Å²) in [4.78, 5) is 25.9. The number of rotatable bonds is 6. The molecule has 0 aromatic carbocycles. The molecule has 18 heavy (non-hydrogen) atoms. The Morgan fingerprint density at radius 3 is 2.94 bits per heavy atom. The zero-order chi connectivity index (χ0) is 13.5. The van der Waals surface area contributed by atoms with Gasteiger partial charge in [0.2, 0.25) is 0 Å². The monoisotopic (exact) mass is 269 g/mol. The van der Waals surface area contributed by atoms with Gasteiger partial charge in [-0.2, -0.15) is 0 Å². The number of urea groups is 1. The van der Waals surface area contributed by atoms with Gasteiger partial charge in [-0.3, -0.25) is 0 Å². The van der Waals surface area contributed by atoms with Gasteiger partial charge in [-0.25, -0.2) is 14.6 Å². The van der Waals surface area contributed by atoms with E-state index in [4.69, 9.17) is 5.11 Å². The topological polar surface area (TPSA) is 91.3 Å². The first kappa shape index (κ1) is 14.2. The molecule has 7 heteroatoms. The van der Waals surface area contributed by atoms with Gasteiger partial charge in [-0.05, 0) is 13.3 Å². The number of carbonyl (C=O) groups is 2. The lowest BCUT2D eigenvalue weighted by Gasteiger charge is -2.11. The highest BCUT2D eigenvalue weighted by molar-refractivity contribution is 7.09. The Labute approximate surface area is 109 Å². The first-order valence-electron chi connectivity index (χ1n) is 5.36. The molecule has 1 atom stereocenters. The molecule has 6 nitrogen and oxygen atoms in total. The smallest absolute Gasteiger partial charge is 0.355 e.